The van der Waals surface area contributed by atoms with E-state index in [9.17, 15) is 22.8 Å². The van der Waals surface area contributed by atoms with E-state index < -0.39 is 29.4 Å². The lowest BCUT2D eigenvalue weighted by atomic mass is 9.89. The van der Waals surface area contributed by atoms with Crippen LogP contribution in [0.3, 0.4) is 0 Å². The minimum atomic E-state index is -4.58. The number of anilines is 2. The van der Waals surface area contributed by atoms with Gasteiger partial charge in [-0.1, -0.05) is 29.8 Å². The number of alkyl halides is 3. The molecule has 11 heteroatoms. The average Bonchev–Trinajstić information content (AvgIpc) is 3.19. The summed E-state index contributed by atoms with van der Waals surface area (Å²) >= 11 is 4.34. The molecule has 1 unspecified atom stereocenters. The van der Waals surface area contributed by atoms with Crippen LogP contribution in [0.25, 0.3) is 0 Å². The summed E-state index contributed by atoms with van der Waals surface area (Å²) < 4.78 is 46.6. The Hall–Kier alpha value is -3.47. The molecule has 35 heavy (non-hydrogen) atoms. The van der Waals surface area contributed by atoms with Crippen LogP contribution < -0.4 is 10.6 Å². The van der Waals surface area contributed by atoms with Crippen LogP contribution in [0.15, 0.2) is 58.5 Å². The first-order chi connectivity index (χ1) is 16.6. The number of carbonyl (C=O) groups excluding carboxylic acids is 1. The number of nitrogens with zero attached hydrogens (tertiary/aromatic N) is 3. The third-order valence-electron chi connectivity index (χ3n) is 5.95. The van der Waals surface area contributed by atoms with Crippen molar-refractivity contribution < 1.29 is 22.7 Å². The molecule has 1 N–H and O–H groups in total. The highest BCUT2D eigenvalue weighted by molar-refractivity contribution is 7.80. The highest BCUT2D eigenvalue weighted by Crippen LogP contribution is 2.43. The Morgan fingerprint density at radius 2 is 1.94 bits per heavy atom. The lowest BCUT2D eigenvalue weighted by Crippen LogP contribution is -2.38. The van der Waals surface area contributed by atoms with Crippen LogP contribution in [0.5, 0.6) is 0 Å². The van der Waals surface area contributed by atoms with Crippen LogP contribution >= 0.6 is 12.6 Å². The highest BCUT2D eigenvalue weighted by Gasteiger charge is 2.40. The Kier molecular flexibility index (Phi) is 6.54. The van der Waals surface area contributed by atoms with Crippen LogP contribution in [0.2, 0.25) is 0 Å². The van der Waals surface area contributed by atoms with Crippen molar-refractivity contribution in [2.24, 2.45) is 0 Å². The highest BCUT2D eigenvalue weighted by atomic mass is 32.1. The number of rotatable bonds is 5. The zero-order valence-electron chi connectivity index (χ0n) is 19.2. The lowest BCUT2D eigenvalue weighted by molar-refractivity contribution is -0.138. The van der Waals surface area contributed by atoms with E-state index in [-0.39, 0.29) is 17.2 Å². The molecule has 1 aliphatic heterocycles. The van der Waals surface area contributed by atoms with Gasteiger partial charge in [0, 0.05) is 11.4 Å². The van der Waals surface area contributed by atoms with Crippen LogP contribution in [0, 0.1) is 6.92 Å². The van der Waals surface area contributed by atoms with Crippen LogP contribution in [-0.4, -0.2) is 33.6 Å². The van der Waals surface area contributed by atoms with E-state index in [1.54, 1.807) is 6.92 Å². The fourth-order valence-electron chi connectivity index (χ4n) is 4.42. The number of benzene rings is 2. The number of methoxy groups -OCH3 is 1. The van der Waals surface area contributed by atoms with Crippen molar-refractivity contribution in [3.63, 3.8) is 0 Å². The Labute approximate surface area is 204 Å². The summed E-state index contributed by atoms with van der Waals surface area (Å²) in [5, 5.41) is 6.50. The molecule has 0 fully saturated rings. The molecule has 1 atom stereocenters. The first-order valence-electron chi connectivity index (χ1n) is 10.7. The summed E-state index contributed by atoms with van der Waals surface area (Å²) in [6.45, 7) is 3.52. The minimum absolute atomic E-state index is 0.0573. The Morgan fingerprint density at radius 3 is 2.60 bits per heavy atom. The molecule has 0 amide bonds. The molecule has 0 aliphatic carbocycles. The van der Waals surface area contributed by atoms with Gasteiger partial charge in [-0.15, -0.1) is 5.10 Å². The van der Waals surface area contributed by atoms with Gasteiger partial charge in [0.2, 0.25) is 5.95 Å². The van der Waals surface area contributed by atoms with Crippen molar-refractivity contribution in [2.75, 3.05) is 17.8 Å². The second-order valence-corrected chi connectivity index (χ2v) is 8.60. The number of hydrogen-bond acceptors (Lipinski definition) is 6. The van der Waals surface area contributed by atoms with Crippen molar-refractivity contribution in [2.45, 2.75) is 32.5 Å². The second kappa shape index (κ2) is 9.29. The quantitative estimate of drug-likeness (QED) is 0.394. The monoisotopic (exact) mass is 504 g/mol. The molecule has 3 aromatic rings. The van der Waals surface area contributed by atoms with Gasteiger partial charge in [-0.3, -0.25) is 4.90 Å². The number of esters is 1. The topological polar surface area (TPSA) is 80.2 Å². The van der Waals surface area contributed by atoms with Gasteiger partial charge in [0.1, 0.15) is 6.04 Å². The summed E-state index contributed by atoms with van der Waals surface area (Å²) in [6, 6.07) is 9.36. The number of carbonyl (C=O) groups is 1. The molecular weight excluding hydrogens is 481 g/mol. The molecule has 0 bridgehead atoms. The summed E-state index contributed by atoms with van der Waals surface area (Å²) in [7, 11) is 1.21. The van der Waals surface area contributed by atoms with Gasteiger partial charge in [-0.05, 0) is 55.3 Å². The molecule has 184 valence electrons. The number of thiol groups is 1. The van der Waals surface area contributed by atoms with Crippen molar-refractivity contribution in [3.8, 4) is 0 Å². The molecule has 0 spiro atoms. The normalized spacial score (nSPS) is 15.9. The maximum atomic E-state index is 13.4. The number of hydrogen-bond donors (Lipinski definition) is 2. The fraction of sp³-hybridized carbons (Fsp3) is 0.292. The number of aromatic nitrogens is 3. The zero-order valence-corrected chi connectivity index (χ0v) is 20.1. The number of halogens is 3. The van der Waals surface area contributed by atoms with Gasteiger partial charge in [0.15, 0.2) is 0 Å². The van der Waals surface area contributed by atoms with Crippen molar-refractivity contribution >= 4 is 30.2 Å². The SMILES string of the molecule is COC(=O)C1=C(C)N(c2cccc(C(F)(F)F)c2)c2n[nH]c(=O)n2C1c1ccc(C)cc1CCS. The first kappa shape index (κ1) is 24.6. The molecule has 2 aromatic carbocycles. The summed E-state index contributed by atoms with van der Waals surface area (Å²) in [6.07, 6.45) is -4.00. The average molecular weight is 505 g/mol. The maximum absolute atomic E-state index is 13.4. The van der Waals surface area contributed by atoms with E-state index in [1.807, 2.05) is 25.1 Å². The fourth-order valence-corrected chi connectivity index (χ4v) is 4.66. The maximum Gasteiger partial charge on any atom is 0.416 e. The van der Waals surface area contributed by atoms with Gasteiger partial charge < -0.3 is 4.74 Å². The van der Waals surface area contributed by atoms with E-state index in [1.165, 1.54) is 28.7 Å². The predicted molar refractivity (Wildman–Crippen MR) is 128 cm³/mol. The van der Waals surface area contributed by atoms with Crippen molar-refractivity contribution in [3.05, 3.63) is 86.5 Å². The molecule has 1 aromatic heterocycles. The molecule has 7 nitrogen and oxygen atoms in total. The van der Waals surface area contributed by atoms with Crippen LogP contribution in [-0.2, 0) is 22.1 Å². The standard InChI is InChI=1S/C24H23F3N4O3S/c1-13-7-8-18(15(11-13)9-10-35)20-19(21(32)34-3)14(2)30(22-28-29-23(33)31(20)22)17-6-4-5-16(12-17)24(25,26)27/h4-8,11-12,20,35H,9-10H2,1-3H3,(H,29,33). The number of aromatic amines is 1. The zero-order chi connectivity index (χ0) is 25.5. The van der Waals surface area contributed by atoms with E-state index in [4.69, 9.17) is 4.74 Å². The van der Waals surface area contributed by atoms with E-state index in [0.29, 0.717) is 23.4 Å². The Bertz CT molecular complexity index is 1380. The molecule has 0 saturated carbocycles. The molecule has 4 rings (SSSR count). The number of nitrogens with one attached hydrogen (secondary N) is 1. The minimum Gasteiger partial charge on any atom is -0.466 e. The number of fused-ring (bicyclic) bond motifs is 1. The molecule has 2 heterocycles. The molecule has 0 saturated heterocycles. The number of ether oxygens (including phenoxy) is 1. The van der Waals surface area contributed by atoms with Gasteiger partial charge in [-0.2, -0.15) is 25.8 Å². The smallest absolute Gasteiger partial charge is 0.416 e. The molecular formula is C24H23F3N4O3S. The largest absolute Gasteiger partial charge is 0.466 e. The van der Waals surface area contributed by atoms with Gasteiger partial charge in [0.25, 0.3) is 0 Å². The number of H-pyrrole nitrogens is 1. The first-order valence-corrected chi connectivity index (χ1v) is 11.4. The third kappa shape index (κ3) is 4.36. The van der Waals surface area contributed by atoms with E-state index in [0.717, 1.165) is 23.3 Å². The Morgan fingerprint density at radius 1 is 1.20 bits per heavy atom. The molecule has 0 radical (unpaired) electrons. The van der Waals surface area contributed by atoms with Gasteiger partial charge >= 0.3 is 17.8 Å². The van der Waals surface area contributed by atoms with Crippen LogP contribution in [0.1, 0.15) is 35.2 Å². The van der Waals surface area contributed by atoms with Crippen molar-refractivity contribution in [1.29, 1.82) is 0 Å². The number of allylic oxidation sites excluding steroid dienone is 1. The van der Waals surface area contributed by atoms with E-state index >= 15 is 0 Å². The summed E-state index contributed by atoms with van der Waals surface area (Å²) in [5.41, 5.74) is 1.57. The van der Waals surface area contributed by atoms with Gasteiger partial charge in [-0.25, -0.2) is 19.3 Å². The summed E-state index contributed by atoms with van der Waals surface area (Å²) in [5.74, 6) is -0.120. The number of aryl methyl sites for hydroxylation is 2. The van der Waals surface area contributed by atoms with Gasteiger partial charge in [0.05, 0.1) is 18.2 Å². The Balaban J connectivity index is 2.03. The van der Waals surface area contributed by atoms with E-state index in [2.05, 4.69) is 22.8 Å². The lowest BCUT2D eigenvalue weighted by Gasteiger charge is -2.36. The van der Waals surface area contributed by atoms with Crippen LogP contribution in [0.4, 0.5) is 24.8 Å². The summed E-state index contributed by atoms with van der Waals surface area (Å²) in [4.78, 5) is 27.4. The predicted octanol–water partition coefficient (Wildman–Crippen LogP) is 4.56. The second-order valence-electron chi connectivity index (χ2n) is 8.15. The third-order valence-corrected chi connectivity index (χ3v) is 6.18. The molecule has 1 aliphatic rings. The van der Waals surface area contributed by atoms with Crippen molar-refractivity contribution in [1.82, 2.24) is 14.8 Å².